The van der Waals surface area contributed by atoms with Gasteiger partial charge in [-0.1, -0.05) is 64.1 Å². The average molecular weight is 499 g/mol. The standard InChI is InChI=1S/C33H46N4/c1-32(2)26-16-10-12-18-28(26)36(30(32)20-24-34(5)6)22-14-9-15-23-37-29-19-13-11-17-27(29)33(3,4)31(37)21-25-35(7)8/h10-13,16-21,24-25H,9,14-15,22-23H2,1-8H3/q+2. The van der Waals surface area contributed by atoms with E-state index < -0.39 is 0 Å². The Morgan fingerprint density at radius 1 is 0.595 bits per heavy atom. The van der Waals surface area contributed by atoms with Crippen molar-refractivity contribution in [3.05, 3.63) is 83.2 Å². The lowest BCUT2D eigenvalue weighted by atomic mass is 9.84. The first-order chi connectivity index (χ1) is 17.5. The molecule has 0 atom stereocenters. The fraction of sp³-hybridized carbons (Fsp3) is 0.455. The highest BCUT2D eigenvalue weighted by atomic mass is 15.2. The summed E-state index contributed by atoms with van der Waals surface area (Å²) in [6.45, 7) is 11.5. The molecule has 4 nitrogen and oxygen atoms in total. The number of benzene rings is 2. The van der Waals surface area contributed by atoms with Gasteiger partial charge in [-0.25, -0.2) is 9.15 Å². The van der Waals surface area contributed by atoms with Gasteiger partial charge in [-0.3, -0.25) is 0 Å². The Bertz CT molecular complexity index is 1150. The first kappa shape index (κ1) is 26.9. The van der Waals surface area contributed by atoms with Crippen molar-refractivity contribution in [1.82, 2.24) is 0 Å². The van der Waals surface area contributed by atoms with Crippen LogP contribution in [-0.2, 0) is 10.8 Å². The lowest BCUT2D eigenvalue weighted by molar-refractivity contribution is -0.458. The fourth-order valence-electron chi connectivity index (χ4n) is 5.92. The third-order valence-corrected chi connectivity index (χ3v) is 7.92. The van der Waals surface area contributed by atoms with Crippen LogP contribution in [0.15, 0.2) is 72.1 Å². The molecule has 0 aromatic heterocycles. The van der Waals surface area contributed by atoms with Crippen LogP contribution in [0.2, 0.25) is 0 Å². The topological polar surface area (TPSA) is 12.5 Å². The SMILES string of the molecule is C[N+](C)=C/C=C1/N(CCCCCN2/C(=C/C=[N+](C)C)C(C)(C)c3ccccc32)c2ccccc2C1(C)C. The van der Waals surface area contributed by atoms with E-state index in [-0.39, 0.29) is 10.8 Å². The monoisotopic (exact) mass is 498 g/mol. The summed E-state index contributed by atoms with van der Waals surface area (Å²) < 4.78 is 4.25. The van der Waals surface area contributed by atoms with Crippen LogP contribution in [-0.4, -0.2) is 62.9 Å². The van der Waals surface area contributed by atoms with Gasteiger partial charge in [0.25, 0.3) is 0 Å². The van der Waals surface area contributed by atoms with E-state index in [0.717, 1.165) is 13.1 Å². The summed E-state index contributed by atoms with van der Waals surface area (Å²) in [7, 11) is 8.36. The number of para-hydroxylation sites is 2. The minimum atomic E-state index is 0.0105. The maximum absolute atomic E-state index is 2.56. The van der Waals surface area contributed by atoms with E-state index in [2.05, 4.69) is 148 Å². The average Bonchev–Trinajstić information content (AvgIpc) is 3.20. The molecule has 0 saturated heterocycles. The van der Waals surface area contributed by atoms with Crippen LogP contribution in [0.25, 0.3) is 0 Å². The molecule has 0 amide bonds. The number of unbranched alkanes of at least 4 members (excludes halogenated alkanes) is 2. The van der Waals surface area contributed by atoms with Crippen LogP contribution in [0.3, 0.4) is 0 Å². The number of nitrogens with zero attached hydrogens (tertiary/aromatic N) is 4. The molecule has 2 aromatic carbocycles. The van der Waals surface area contributed by atoms with E-state index >= 15 is 0 Å². The summed E-state index contributed by atoms with van der Waals surface area (Å²) in [5.74, 6) is 0. The van der Waals surface area contributed by atoms with Crippen molar-refractivity contribution in [3.8, 4) is 0 Å². The zero-order valence-electron chi connectivity index (χ0n) is 24.3. The molecule has 0 fully saturated rings. The van der Waals surface area contributed by atoms with E-state index in [4.69, 9.17) is 0 Å². The lowest BCUT2D eigenvalue weighted by Gasteiger charge is -2.27. The Morgan fingerprint density at radius 3 is 1.35 bits per heavy atom. The summed E-state index contributed by atoms with van der Waals surface area (Å²) in [6.07, 6.45) is 12.5. The molecule has 0 saturated carbocycles. The van der Waals surface area contributed by atoms with Crippen molar-refractivity contribution in [1.29, 1.82) is 0 Å². The number of rotatable bonds is 8. The molecule has 0 unspecified atom stereocenters. The number of fused-ring (bicyclic) bond motifs is 2. The van der Waals surface area contributed by atoms with Gasteiger partial charge < -0.3 is 9.80 Å². The molecule has 2 aliphatic heterocycles. The van der Waals surface area contributed by atoms with Gasteiger partial charge in [-0.15, -0.1) is 0 Å². The number of allylic oxidation sites excluding steroid dienone is 4. The molecule has 4 heteroatoms. The molecule has 37 heavy (non-hydrogen) atoms. The molecule has 0 radical (unpaired) electrons. The Labute approximate surface area is 224 Å². The van der Waals surface area contributed by atoms with Crippen LogP contribution in [0.4, 0.5) is 11.4 Å². The van der Waals surface area contributed by atoms with Crippen molar-refractivity contribution >= 4 is 23.8 Å². The first-order valence-corrected chi connectivity index (χ1v) is 13.7. The summed E-state index contributed by atoms with van der Waals surface area (Å²) in [5.41, 5.74) is 8.39. The third-order valence-electron chi connectivity index (χ3n) is 7.92. The van der Waals surface area contributed by atoms with Gasteiger partial charge in [0.05, 0.1) is 0 Å². The largest absolute Gasteiger partial charge is 0.344 e. The molecule has 196 valence electrons. The molecule has 0 bridgehead atoms. The Morgan fingerprint density at radius 2 is 0.973 bits per heavy atom. The van der Waals surface area contributed by atoms with Gasteiger partial charge in [-0.05, 0) is 42.5 Å². The predicted molar refractivity (Wildman–Crippen MR) is 160 cm³/mol. The van der Waals surface area contributed by atoms with Crippen LogP contribution in [0.5, 0.6) is 0 Å². The summed E-state index contributed by atoms with van der Waals surface area (Å²) in [6, 6.07) is 17.9. The number of hydrogen-bond donors (Lipinski definition) is 0. The van der Waals surface area contributed by atoms with E-state index in [9.17, 15) is 0 Å². The van der Waals surface area contributed by atoms with Gasteiger partial charge in [0.2, 0.25) is 0 Å². The zero-order valence-corrected chi connectivity index (χ0v) is 24.3. The van der Waals surface area contributed by atoms with Crippen molar-refractivity contribution < 1.29 is 9.15 Å². The minimum Gasteiger partial charge on any atom is -0.344 e. The fourth-order valence-corrected chi connectivity index (χ4v) is 5.92. The van der Waals surface area contributed by atoms with E-state index in [1.807, 2.05) is 0 Å². The highest BCUT2D eigenvalue weighted by molar-refractivity contribution is 5.78. The van der Waals surface area contributed by atoms with Crippen molar-refractivity contribution in [2.24, 2.45) is 0 Å². The maximum Gasteiger partial charge on any atom is 0.164 e. The quantitative estimate of drug-likeness (QED) is 0.244. The van der Waals surface area contributed by atoms with E-state index in [1.54, 1.807) is 0 Å². The molecule has 0 N–H and O–H groups in total. The van der Waals surface area contributed by atoms with Crippen LogP contribution in [0.1, 0.15) is 58.1 Å². The van der Waals surface area contributed by atoms with Crippen LogP contribution < -0.4 is 9.80 Å². The van der Waals surface area contributed by atoms with E-state index in [0.29, 0.717) is 0 Å². The van der Waals surface area contributed by atoms with Gasteiger partial charge in [0.15, 0.2) is 12.4 Å². The minimum absolute atomic E-state index is 0.0105. The molecule has 2 aromatic rings. The highest BCUT2D eigenvalue weighted by Crippen LogP contribution is 2.48. The predicted octanol–water partition coefficient (Wildman–Crippen LogP) is 6.21. The molecular weight excluding hydrogens is 452 g/mol. The summed E-state index contributed by atoms with van der Waals surface area (Å²) in [5, 5.41) is 0. The molecule has 4 rings (SSSR count). The summed E-state index contributed by atoms with van der Waals surface area (Å²) in [4.78, 5) is 5.11. The maximum atomic E-state index is 2.56. The van der Waals surface area contributed by atoms with E-state index in [1.165, 1.54) is 53.2 Å². The van der Waals surface area contributed by atoms with Crippen molar-refractivity contribution in [2.45, 2.75) is 57.8 Å². The van der Waals surface area contributed by atoms with Crippen LogP contribution in [0, 0.1) is 0 Å². The molecular formula is C33H46N4+2. The smallest absolute Gasteiger partial charge is 0.164 e. The molecule has 2 heterocycles. The van der Waals surface area contributed by atoms with Gasteiger partial charge >= 0.3 is 0 Å². The van der Waals surface area contributed by atoms with Gasteiger partial charge in [-0.2, -0.15) is 0 Å². The van der Waals surface area contributed by atoms with Crippen LogP contribution >= 0.6 is 0 Å². The molecule has 0 spiro atoms. The summed E-state index contributed by atoms with van der Waals surface area (Å²) >= 11 is 0. The zero-order chi connectivity index (χ0) is 26.8. The van der Waals surface area contributed by atoms with Crippen molar-refractivity contribution in [3.63, 3.8) is 0 Å². The lowest BCUT2D eigenvalue weighted by Crippen LogP contribution is -2.28. The second-order valence-electron chi connectivity index (χ2n) is 12.0. The second-order valence-corrected chi connectivity index (χ2v) is 12.0. The Balaban J connectivity index is 1.47. The molecule has 2 aliphatic rings. The third kappa shape index (κ3) is 5.30. The normalized spacial score (nSPS) is 19.2. The first-order valence-electron chi connectivity index (χ1n) is 13.7. The van der Waals surface area contributed by atoms with Crippen molar-refractivity contribution in [2.75, 3.05) is 51.1 Å². The Hall–Kier alpha value is -3.14. The van der Waals surface area contributed by atoms with Gasteiger partial charge in [0, 0.05) is 58.8 Å². The van der Waals surface area contributed by atoms with Gasteiger partial charge in [0.1, 0.15) is 28.2 Å². The number of anilines is 2. The number of hydrogen-bond acceptors (Lipinski definition) is 2. The molecule has 0 aliphatic carbocycles. The second kappa shape index (κ2) is 10.7. The highest BCUT2D eigenvalue weighted by Gasteiger charge is 2.40. The Kier molecular flexibility index (Phi) is 7.77.